The number of barbiturate groups is 1. The number of rotatable bonds is 3. The number of imide groups is 2. The Hall–Kier alpha value is -3.78. The number of amides is 5. The molecule has 202 valence electrons. The molecule has 3 fully saturated rings. The molecule has 4 aliphatic rings. The number of nitrogens with zero attached hydrogens (tertiary/aromatic N) is 3. The van der Waals surface area contributed by atoms with Crippen molar-refractivity contribution in [1.82, 2.24) is 15.8 Å². The van der Waals surface area contributed by atoms with Gasteiger partial charge < -0.3 is 23.6 Å². The Balaban J connectivity index is 1.55. The van der Waals surface area contributed by atoms with Gasteiger partial charge in [0, 0.05) is 20.1 Å². The molecule has 38 heavy (non-hydrogen) atoms. The Kier molecular flexibility index (Phi) is 5.40. The number of nitrogens with one attached hydrogen (secondary N) is 2. The molecule has 0 unspecified atom stereocenters. The summed E-state index contributed by atoms with van der Waals surface area (Å²) in [6, 6.07) is -0.805. The number of morpholine rings is 1. The molecule has 14 heteroatoms. The van der Waals surface area contributed by atoms with Crippen LogP contribution in [0, 0.1) is 11.2 Å². The fraction of sp³-hybridized carbons (Fsp3) is 0.542. The minimum absolute atomic E-state index is 0.0331. The molecule has 2 aromatic rings. The number of methoxy groups -OCH3 is 1. The van der Waals surface area contributed by atoms with E-state index in [1.54, 1.807) is 31.7 Å². The fourth-order valence-corrected chi connectivity index (χ4v) is 6.37. The highest BCUT2D eigenvalue weighted by molar-refractivity contribution is 6.20. The van der Waals surface area contributed by atoms with Gasteiger partial charge in [0.25, 0.3) is 0 Å². The average Bonchev–Trinajstić information content (AvgIpc) is 3.36. The van der Waals surface area contributed by atoms with Gasteiger partial charge >= 0.3 is 12.1 Å². The normalized spacial score (nSPS) is 30.3. The number of anilines is 2. The van der Waals surface area contributed by atoms with Crippen LogP contribution in [0.3, 0.4) is 0 Å². The Morgan fingerprint density at radius 2 is 1.87 bits per heavy atom. The summed E-state index contributed by atoms with van der Waals surface area (Å²) < 4.78 is 38.3. The molecule has 0 radical (unpaired) electrons. The Labute approximate surface area is 215 Å². The van der Waals surface area contributed by atoms with Gasteiger partial charge in [0.15, 0.2) is 17.1 Å². The maximum atomic E-state index is 16.3. The first-order chi connectivity index (χ1) is 18.1. The summed E-state index contributed by atoms with van der Waals surface area (Å²) in [5.41, 5.74) is -1.49. The minimum Gasteiger partial charge on any atom is -0.444 e. The lowest BCUT2D eigenvalue weighted by atomic mass is 9.66. The third-order valence-electron chi connectivity index (χ3n) is 7.87. The van der Waals surface area contributed by atoms with E-state index < -0.39 is 59.5 Å². The first-order valence-corrected chi connectivity index (χ1v) is 12.3. The number of fused-ring (bicyclic) bond motifs is 5. The predicted octanol–water partition coefficient (Wildman–Crippen LogP) is 1.22. The molecule has 4 aliphatic heterocycles. The number of halogens is 1. The summed E-state index contributed by atoms with van der Waals surface area (Å²) >= 11 is 0. The third kappa shape index (κ3) is 3.19. The van der Waals surface area contributed by atoms with Crippen LogP contribution in [0.2, 0.25) is 0 Å². The molecule has 5 amide bonds. The minimum atomic E-state index is -1.78. The highest BCUT2D eigenvalue weighted by atomic mass is 19.1. The molecule has 1 aromatic carbocycles. The summed E-state index contributed by atoms with van der Waals surface area (Å²) in [5, 5.41) is 8.58. The summed E-state index contributed by atoms with van der Waals surface area (Å²) in [5.74, 6) is -2.29. The van der Waals surface area contributed by atoms with Gasteiger partial charge in [0.1, 0.15) is 12.1 Å². The van der Waals surface area contributed by atoms with E-state index in [9.17, 15) is 19.2 Å². The van der Waals surface area contributed by atoms with E-state index in [1.165, 1.54) is 12.0 Å². The van der Waals surface area contributed by atoms with Crippen LogP contribution >= 0.6 is 0 Å². The highest BCUT2D eigenvalue weighted by Crippen LogP contribution is 2.50. The molecule has 5 heterocycles. The van der Waals surface area contributed by atoms with E-state index in [4.69, 9.17) is 18.7 Å². The van der Waals surface area contributed by atoms with Crippen LogP contribution in [0.1, 0.15) is 26.3 Å². The van der Waals surface area contributed by atoms with Crippen molar-refractivity contribution in [3.63, 3.8) is 0 Å². The number of aromatic nitrogens is 1. The van der Waals surface area contributed by atoms with Crippen molar-refractivity contribution in [2.24, 2.45) is 5.41 Å². The Morgan fingerprint density at radius 1 is 1.16 bits per heavy atom. The van der Waals surface area contributed by atoms with Crippen molar-refractivity contribution >= 4 is 46.4 Å². The van der Waals surface area contributed by atoms with Crippen LogP contribution < -0.4 is 20.4 Å². The van der Waals surface area contributed by atoms with E-state index in [0.717, 1.165) is 0 Å². The second kappa shape index (κ2) is 8.36. The number of hydrogen-bond donors (Lipinski definition) is 2. The topological polar surface area (TPSA) is 153 Å². The van der Waals surface area contributed by atoms with Crippen molar-refractivity contribution < 1.29 is 42.3 Å². The van der Waals surface area contributed by atoms with Crippen LogP contribution in [0.4, 0.5) is 25.5 Å². The summed E-state index contributed by atoms with van der Waals surface area (Å²) in [4.78, 5) is 54.3. The average molecular weight is 531 g/mol. The highest BCUT2D eigenvalue weighted by Gasteiger charge is 2.63. The quantitative estimate of drug-likeness (QED) is 0.553. The zero-order valence-electron chi connectivity index (χ0n) is 21.1. The van der Waals surface area contributed by atoms with Crippen molar-refractivity contribution in [2.45, 2.75) is 57.6 Å². The number of urea groups is 1. The van der Waals surface area contributed by atoms with Crippen LogP contribution in [0.15, 0.2) is 10.6 Å². The standard InChI is InChI=1S/C24H26FN5O8/c1-9-7-29-16-12(6-24(18(29)11(3)36-9)20(31)26-22(33)27-21(24)32)5-13-17(15(16)25)38-28-19(13)30-14(8-35-4)10(2)37-23(30)34/h5,9-11,14,18H,6-8H2,1-4H3,(H2,26,27,31,32,33)/t9-,10-,11+,14+,18-/m1/s1. The third-order valence-corrected chi connectivity index (χ3v) is 7.87. The lowest BCUT2D eigenvalue weighted by molar-refractivity contribution is -0.153. The second-order valence-electron chi connectivity index (χ2n) is 10.2. The predicted molar refractivity (Wildman–Crippen MR) is 127 cm³/mol. The van der Waals surface area contributed by atoms with E-state index in [2.05, 4.69) is 15.8 Å². The summed E-state index contributed by atoms with van der Waals surface area (Å²) in [6.45, 7) is 5.52. The van der Waals surface area contributed by atoms with Gasteiger partial charge in [0.2, 0.25) is 17.4 Å². The molecule has 1 spiro atoms. The molecule has 3 saturated heterocycles. The molecule has 0 bridgehead atoms. The maximum absolute atomic E-state index is 16.3. The van der Waals surface area contributed by atoms with Gasteiger partial charge in [-0.05, 0) is 32.4 Å². The van der Waals surface area contributed by atoms with Crippen molar-refractivity contribution in [3.05, 3.63) is 17.4 Å². The SMILES string of the molecule is COC[C@H]1[C@@H](C)OC(=O)N1c1noc2c(F)c3c(cc12)CC1(C(=O)NC(=O)NC1=O)[C@H]1[C@H](C)O[C@H](C)CN31. The second-order valence-corrected chi connectivity index (χ2v) is 10.2. The molecular formula is C24H26FN5O8. The van der Waals surface area contributed by atoms with Gasteiger partial charge in [-0.25, -0.2) is 18.9 Å². The number of ether oxygens (including phenoxy) is 3. The number of benzene rings is 1. The Bertz CT molecular complexity index is 1370. The molecule has 0 saturated carbocycles. The van der Waals surface area contributed by atoms with Gasteiger partial charge in [-0.1, -0.05) is 5.16 Å². The molecular weight excluding hydrogens is 505 g/mol. The monoisotopic (exact) mass is 531 g/mol. The van der Waals surface area contributed by atoms with E-state index in [-0.39, 0.29) is 48.2 Å². The van der Waals surface area contributed by atoms with Gasteiger partial charge in [0.05, 0.1) is 35.9 Å². The maximum Gasteiger partial charge on any atom is 0.416 e. The molecule has 0 aliphatic carbocycles. The van der Waals surface area contributed by atoms with Crippen molar-refractivity contribution in [1.29, 1.82) is 0 Å². The number of hydrogen-bond acceptors (Lipinski definition) is 10. The molecule has 1 aromatic heterocycles. The van der Waals surface area contributed by atoms with Crippen molar-refractivity contribution in [3.8, 4) is 0 Å². The summed E-state index contributed by atoms with van der Waals surface area (Å²) in [7, 11) is 1.48. The first-order valence-electron chi connectivity index (χ1n) is 12.3. The lowest BCUT2D eigenvalue weighted by Crippen LogP contribution is -2.75. The molecule has 13 nitrogen and oxygen atoms in total. The number of carbonyl (C=O) groups excluding carboxylic acids is 4. The van der Waals surface area contributed by atoms with E-state index in [1.807, 2.05) is 0 Å². The summed E-state index contributed by atoms with van der Waals surface area (Å²) in [6.07, 6.45) is -2.45. The van der Waals surface area contributed by atoms with Gasteiger partial charge in [-0.15, -0.1) is 0 Å². The van der Waals surface area contributed by atoms with Gasteiger partial charge in [-0.3, -0.25) is 20.2 Å². The smallest absolute Gasteiger partial charge is 0.416 e. The van der Waals surface area contributed by atoms with Crippen LogP contribution in [0.25, 0.3) is 11.0 Å². The fourth-order valence-electron chi connectivity index (χ4n) is 6.37. The zero-order valence-corrected chi connectivity index (χ0v) is 21.1. The molecule has 2 N–H and O–H groups in total. The van der Waals surface area contributed by atoms with Crippen LogP contribution in [-0.2, 0) is 30.2 Å². The number of cyclic esters (lactones) is 1. The molecule has 6 rings (SSSR count). The van der Waals surface area contributed by atoms with Crippen molar-refractivity contribution in [2.75, 3.05) is 30.1 Å². The van der Waals surface area contributed by atoms with E-state index >= 15 is 4.39 Å². The van der Waals surface area contributed by atoms with Crippen LogP contribution in [0.5, 0.6) is 0 Å². The van der Waals surface area contributed by atoms with Gasteiger partial charge in [-0.2, -0.15) is 0 Å². The van der Waals surface area contributed by atoms with Crippen LogP contribution in [-0.4, -0.2) is 79.8 Å². The zero-order chi connectivity index (χ0) is 27.1. The lowest BCUT2D eigenvalue weighted by Gasteiger charge is -2.55. The van der Waals surface area contributed by atoms with E-state index in [0.29, 0.717) is 5.56 Å². The molecule has 5 atom stereocenters. The largest absolute Gasteiger partial charge is 0.444 e. The number of carbonyl (C=O) groups is 4. The Morgan fingerprint density at radius 3 is 2.55 bits per heavy atom. The first kappa shape index (κ1) is 24.6.